The molecule has 0 aliphatic carbocycles. The molecular formula is C9H7BrN4OS. The minimum absolute atomic E-state index is 0.217. The Kier molecular flexibility index (Phi) is 3.25. The van der Waals surface area contributed by atoms with E-state index in [0.29, 0.717) is 15.2 Å². The van der Waals surface area contributed by atoms with Crippen molar-refractivity contribution in [2.24, 2.45) is 0 Å². The SMILES string of the molecule is Nc1cnccc1Sc1nc[nH]c(=O)c1Br. The monoisotopic (exact) mass is 298 g/mol. The van der Waals surface area contributed by atoms with E-state index >= 15 is 0 Å². The van der Waals surface area contributed by atoms with E-state index in [2.05, 4.69) is 30.9 Å². The lowest BCUT2D eigenvalue weighted by Gasteiger charge is -2.04. The molecular weight excluding hydrogens is 292 g/mol. The number of nitrogens with two attached hydrogens (primary N) is 1. The van der Waals surface area contributed by atoms with Gasteiger partial charge in [0.25, 0.3) is 5.56 Å². The largest absolute Gasteiger partial charge is 0.397 e. The summed E-state index contributed by atoms with van der Waals surface area (Å²) in [6, 6.07) is 1.77. The van der Waals surface area contributed by atoms with Crippen molar-refractivity contribution >= 4 is 33.4 Å². The van der Waals surface area contributed by atoms with Gasteiger partial charge in [0.15, 0.2) is 0 Å². The summed E-state index contributed by atoms with van der Waals surface area (Å²) in [6.07, 6.45) is 4.55. The van der Waals surface area contributed by atoms with Crippen LogP contribution in [-0.2, 0) is 0 Å². The fraction of sp³-hybridized carbons (Fsp3) is 0. The molecule has 0 aliphatic heterocycles. The van der Waals surface area contributed by atoms with Crippen LogP contribution in [0.15, 0.2) is 44.0 Å². The molecule has 2 aromatic rings. The number of anilines is 1. The number of aromatic amines is 1. The first-order valence-corrected chi connectivity index (χ1v) is 5.90. The van der Waals surface area contributed by atoms with E-state index in [1.807, 2.05) is 0 Å². The molecule has 16 heavy (non-hydrogen) atoms. The Hall–Kier alpha value is -1.34. The number of H-pyrrole nitrogens is 1. The first-order chi connectivity index (χ1) is 7.68. The molecule has 0 bridgehead atoms. The smallest absolute Gasteiger partial charge is 0.266 e. The number of aromatic nitrogens is 3. The molecule has 5 nitrogen and oxygen atoms in total. The molecule has 3 N–H and O–H groups in total. The number of nitrogens with zero attached hydrogens (tertiary/aromatic N) is 2. The number of hydrogen-bond donors (Lipinski definition) is 2. The van der Waals surface area contributed by atoms with Gasteiger partial charge in [-0.15, -0.1) is 0 Å². The van der Waals surface area contributed by atoms with Crippen LogP contribution in [0.2, 0.25) is 0 Å². The molecule has 0 aliphatic rings. The lowest BCUT2D eigenvalue weighted by molar-refractivity contribution is 0.990. The Bertz CT molecular complexity index is 571. The van der Waals surface area contributed by atoms with Crippen LogP contribution in [0.4, 0.5) is 5.69 Å². The molecule has 0 saturated heterocycles. The van der Waals surface area contributed by atoms with Crippen molar-refractivity contribution in [3.8, 4) is 0 Å². The Morgan fingerprint density at radius 2 is 2.31 bits per heavy atom. The van der Waals surface area contributed by atoms with E-state index in [9.17, 15) is 4.79 Å². The summed E-state index contributed by atoms with van der Waals surface area (Å²) in [5.74, 6) is 0. The van der Waals surface area contributed by atoms with E-state index in [1.54, 1.807) is 18.5 Å². The first kappa shape index (κ1) is 11.2. The molecule has 0 saturated carbocycles. The summed E-state index contributed by atoms with van der Waals surface area (Å²) >= 11 is 4.49. The molecule has 2 heterocycles. The van der Waals surface area contributed by atoms with Crippen LogP contribution in [0.25, 0.3) is 0 Å². The van der Waals surface area contributed by atoms with Gasteiger partial charge in [-0.3, -0.25) is 9.78 Å². The molecule has 2 aromatic heterocycles. The van der Waals surface area contributed by atoms with Crippen molar-refractivity contribution in [1.29, 1.82) is 0 Å². The fourth-order valence-corrected chi connectivity index (χ4v) is 2.28. The van der Waals surface area contributed by atoms with Crippen LogP contribution >= 0.6 is 27.7 Å². The van der Waals surface area contributed by atoms with Gasteiger partial charge in [-0.05, 0) is 22.0 Å². The normalized spacial score (nSPS) is 10.3. The van der Waals surface area contributed by atoms with Crippen LogP contribution in [-0.4, -0.2) is 15.0 Å². The Morgan fingerprint density at radius 1 is 1.50 bits per heavy atom. The van der Waals surface area contributed by atoms with E-state index in [-0.39, 0.29) is 5.56 Å². The van der Waals surface area contributed by atoms with E-state index in [0.717, 1.165) is 4.90 Å². The predicted molar refractivity (Wildman–Crippen MR) is 65.3 cm³/mol. The highest BCUT2D eigenvalue weighted by Crippen LogP contribution is 2.32. The third-order valence-electron chi connectivity index (χ3n) is 1.78. The molecule has 0 atom stereocenters. The summed E-state index contributed by atoms with van der Waals surface area (Å²) in [4.78, 5) is 22.5. The molecule has 0 spiro atoms. The van der Waals surface area contributed by atoms with Crippen LogP contribution in [0.3, 0.4) is 0 Å². The minimum Gasteiger partial charge on any atom is -0.397 e. The standard InChI is InChI=1S/C9H7BrN4OS/c10-7-8(15)13-4-14-9(7)16-6-1-2-12-3-5(6)11/h1-4H,11H2,(H,13,14,15). The maximum Gasteiger partial charge on any atom is 0.266 e. The van der Waals surface area contributed by atoms with Crippen LogP contribution in [0, 0.1) is 0 Å². The van der Waals surface area contributed by atoms with Crippen molar-refractivity contribution in [1.82, 2.24) is 15.0 Å². The van der Waals surface area contributed by atoms with E-state index in [1.165, 1.54) is 18.1 Å². The summed E-state index contributed by atoms with van der Waals surface area (Å²) in [7, 11) is 0. The maximum atomic E-state index is 11.3. The topological polar surface area (TPSA) is 84.7 Å². The van der Waals surface area contributed by atoms with Gasteiger partial charge in [-0.1, -0.05) is 11.8 Å². The highest BCUT2D eigenvalue weighted by Gasteiger charge is 2.08. The second-order valence-electron chi connectivity index (χ2n) is 2.87. The average Bonchev–Trinajstić information content (AvgIpc) is 2.28. The van der Waals surface area contributed by atoms with Crippen molar-refractivity contribution < 1.29 is 0 Å². The zero-order valence-electron chi connectivity index (χ0n) is 7.98. The van der Waals surface area contributed by atoms with Crippen molar-refractivity contribution in [2.75, 3.05) is 5.73 Å². The van der Waals surface area contributed by atoms with Crippen LogP contribution in [0.5, 0.6) is 0 Å². The van der Waals surface area contributed by atoms with E-state index < -0.39 is 0 Å². The number of nitrogen functional groups attached to an aromatic ring is 1. The molecule has 0 amide bonds. The summed E-state index contributed by atoms with van der Waals surface area (Å²) in [6.45, 7) is 0. The molecule has 0 unspecified atom stereocenters. The summed E-state index contributed by atoms with van der Waals surface area (Å²) in [5.41, 5.74) is 6.08. The second-order valence-corrected chi connectivity index (χ2v) is 4.69. The zero-order valence-corrected chi connectivity index (χ0v) is 10.4. The average molecular weight is 299 g/mol. The van der Waals surface area contributed by atoms with Crippen LogP contribution in [0.1, 0.15) is 0 Å². The number of nitrogens with one attached hydrogen (secondary N) is 1. The second kappa shape index (κ2) is 4.67. The van der Waals surface area contributed by atoms with Gasteiger partial charge in [-0.25, -0.2) is 4.98 Å². The number of halogens is 1. The Balaban J connectivity index is 2.38. The number of hydrogen-bond acceptors (Lipinski definition) is 5. The highest BCUT2D eigenvalue weighted by atomic mass is 79.9. The van der Waals surface area contributed by atoms with Crippen molar-refractivity contribution in [2.45, 2.75) is 9.92 Å². The van der Waals surface area contributed by atoms with Crippen molar-refractivity contribution in [3.05, 3.63) is 39.6 Å². The van der Waals surface area contributed by atoms with Gasteiger partial charge in [0.2, 0.25) is 0 Å². The quantitative estimate of drug-likeness (QED) is 0.824. The fourth-order valence-electron chi connectivity index (χ4n) is 1.03. The van der Waals surface area contributed by atoms with E-state index in [4.69, 9.17) is 5.73 Å². The minimum atomic E-state index is -0.217. The van der Waals surface area contributed by atoms with Crippen LogP contribution < -0.4 is 11.3 Å². The number of rotatable bonds is 2. The van der Waals surface area contributed by atoms with Gasteiger partial charge >= 0.3 is 0 Å². The third kappa shape index (κ3) is 2.25. The molecule has 2 rings (SSSR count). The lowest BCUT2D eigenvalue weighted by atomic mass is 10.4. The molecule has 0 fully saturated rings. The molecule has 82 valence electrons. The zero-order chi connectivity index (χ0) is 11.5. The lowest BCUT2D eigenvalue weighted by Crippen LogP contribution is -2.07. The predicted octanol–water partition coefficient (Wildman–Crippen LogP) is 1.66. The molecule has 0 aromatic carbocycles. The number of pyridine rings is 1. The van der Waals surface area contributed by atoms with Gasteiger partial charge in [0.05, 0.1) is 18.2 Å². The molecule has 7 heteroatoms. The molecule has 0 radical (unpaired) electrons. The summed E-state index contributed by atoms with van der Waals surface area (Å²) < 4.78 is 0.399. The Morgan fingerprint density at radius 3 is 3.06 bits per heavy atom. The van der Waals surface area contributed by atoms with Gasteiger partial charge in [-0.2, -0.15) is 0 Å². The van der Waals surface area contributed by atoms with Gasteiger partial charge in [0, 0.05) is 11.1 Å². The summed E-state index contributed by atoms with van der Waals surface area (Å²) in [5, 5.41) is 0.571. The van der Waals surface area contributed by atoms with Gasteiger partial charge < -0.3 is 10.7 Å². The third-order valence-corrected chi connectivity index (χ3v) is 3.87. The van der Waals surface area contributed by atoms with Gasteiger partial charge in [0.1, 0.15) is 9.50 Å². The van der Waals surface area contributed by atoms with Crippen molar-refractivity contribution in [3.63, 3.8) is 0 Å². The maximum absolute atomic E-state index is 11.3. The Labute approximate surface area is 104 Å². The first-order valence-electron chi connectivity index (χ1n) is 4.29. The highest BCUT2D eigenvalue weighted by molar-refractivity contribution is 9.10.